The van der Waals surface area contributed by atoms with Gasteiger partial charge in [-0.3, -0.25) is 0 Å². The predicted octanol–water partition coefficient (Wildman–Crippen LogP) is 2.97. The molecule has 4 heteroatoms. The summed E-state index contributed by atoms with van der Waals surface area (Å²) in [5.41, 5.74) is 9.54. The molecule has 2 rings (SSSR count). The lowest BCUT2D eigenvalue weighted by atomic mass is 10.2. The molecule has 1 unspecified atom stereocenters. The van der Waals surface area contributed by atoms with Crippen molar-refractivity contribution in [2.75, 3.05) is 0 Å². The molecule has 0 saturated carbocycles. The second-order valence-corrected chi connectivity index (χ2v) is 3.81. The number of rotatable bonds is 1. The molecule has 1 aliphatic rings. The molecule has 1 heterocycles. The fourth-order valence-electron chi connectivity index (χ4n) is 1.29. The lowest BCUT2D eigenvalue weighted by Gasteiger charge is -1.94. The Morgan fingerprint density at radius 3 is 3.08 bits per heavy atom. The molecule has 12 heavy (non-hydrogen) atoms. The third-order valence-electron chi connectivity index (χ3n) is 1.81. The molecular weight excluding hydrogens is 170 g/mol. The van der Waals surface area contributed by atoms with Crippen LogP contribution in [-0.4, -0.2) is 5.37 Å². The summed E-state index contributed by atoms with van der Waals surface area (Å²) < 4.78 is 0. The molecule has 0 N–H and O–H groups in total. The Balaban J connectivity index is 2.27. The fourth-order valence-corrected chi connectivity index (χ4v) is 2.39. The number of hydrogen-bond acceptors (Lipinski definition) is 2. The zero-order valence-electron chi connectivity index (χ0n) is 6.34. The maximum absolute atomic E-state index is 8.25. The van der Waals surface area contributed by atoms with Crippen molar-refractivity contribution in [3.63, 3.8) is 0 Å². The third kappa shape index (κ3) is 1.26. The molecule has 60 valence electrons. The van der Waals surface area contributed by atoms with E-state index in [2.05, 4.69) is 22.2 Å². The summed E-state index contributed by atoms with van der Waals surface area (Å²) in [5.74, 6) is 0. The summed E-state index contributed by atoms with van der Waals surface area (Å²) >= 11 is 1.64. The van der Waals surface area contributed by atoms with Crippen molar-refractivity contribution in [2.45, 2.75) is 16.7 Å². The lowest BCUT2D eigenvalue weighted by Crippen LogP contribution is -1.92. The molecule has 0 amide bonds. The number of thioether (sulfide) groups is 1. The van der Waals surface area contributed by atoms with Crippen LogP contribution in [0.3, 0.4) is 0 Å². The third-order valence-corrected chi connectivity index (χ3v) is 3.00. The van der Waals surface area contributed by atoms with Crippen molar-refractivity contribution in [2.24, 2.45) is 5.11 Å². The van der Waals surface area contributed by atoms with Crippen LogP contribution in [0.4, 0.5) is 0 Å². The monoisotopic (exact) mass is 177 g/mol. The van der Waals surface area contributed by atoms with Crippen molar-refractivity contribution in [3.05, 3.63) is 40.3 Å². The van der Waals surface area contributed by atoms with Gasteiger partial charge in [-0.25, -0.2) is 0 Å². The quantitative estimate of drug-likeness (QED) is 0.369. The molecule has 1 aliphatic heterocycles. The van der Waals surface area contributed by atoms with Crippen LogP contribution in [0.15, 0.2) is 34.3 Å². The molecule has 0 saturated heterocycles. The Labute approximate surface area is 74.4 Å². The van der Waals surface area contributed by atoms with Gasteiger partial charge in [0.2, 0.25) is 0 Å². The molecule has 1 atom stereocenters. The van der Waals surface area contributed by atoms with E-state index < -0.39 is 0 Å². The average Bonchev–Trinajstić information content (AvgIpc) is 2.47. The summed E-state index contributed by atoms with van der Waals surface area (Å²) in [6, 6.07) is 8.16. The van der Waals surface area contributed by atoms with Crippen LogP contribution >= 0.6 is 11.8 Å². The van der Waals surface area contributed by atoms with Crippen LogP contribution in [0.2, 0.25) is 0 Å². The van der Waals surface area contributed by atoms with Crippen LogP contribution in [0.25, 0.3) is 10.4 Å². The number of hydrogen-bond donors (Lipinski definition) is 0. The summed E-state index contributed by atoms with van der Waals surface area (Å²) in [4.78, 5) is 4.05. The van der Waals surface area contributed by atoms with Gasteiger partial charge < -0.3 is 0 Å². The van der Waals surface area contributed by atoms with Crippen LogP contribution in [0.1, 0.15) is 5.56 Å². The van der Waals surface area contributed by atoms with Crippen LogP contribution in [0, 0.1) is 0 Å². The van der Waals surface area contributed by atoms with Gasteiger partial charge in [-0.2, -0.15) is 0 Å². The van der Waals surface area contributed by atoms with Gasteiger partial charge in [0.05, 0.1) is 5.37 Å². The highest BCUT2D eigenvalue weighted by atomic mass is 32.2. The highest BCUT2D eigenvalue weighted by Gasteiger charge is 2.19. The minimum Gasteiger partial charge on any atom is -0.116 e. The molecule has 0 radical (unpaired) electrons. The minimum absolute atomic E-state index is 0.0624. The summed E-state index contributed by atoms with van der Waals surface area (Å²) in [6.45, 7) is 0. The van der Waals surface area contributed by atoms with E-state index in [1.807, 2.05) is 12.1 Å². The highest BCUT2D eigenvalue weighted by Crippen LogP contribution is 2.37. The van der Waals surface area contributed by atoms with Gasteiger partial charge in [0.15, 0.2) is 0 Å². The van der Waals surface area contributed by atoms with E-state index >= 15 is 0 Å². The van der Waals surface area contributed by atoms with Gasteiger partial charge in [-0.1, -0.05) is 23.3 Å². The topological polar surface area (TPSA) is 48.8 Å². The van der Waals surface area contributed by atoms with E-state index in [9.17, 15) is 0 Å². The van der Waals surface area contributed by atoms with Crippen LogP contribution in [-0.2, 0) is 6.42 Å². The van der Waals surface area contributed by atoms with Gasteiger partial charge in [-0.05, 0) is 23.6 Å². The lowest BCUT2D eigenvalue weighted by molar-refractivity contribution is 0.907. The molecule has 0 bridgehead atoms. The highest BCUT2D eigenvalue weighted by molar-refractivity contribution is 8.00. The Hall–Kier alpha value is -1.12. The Morgan fingerprint density at radius 2 is 2.33 bits per heavy atom. The molecule has 0 spiro atoms. The average molecular weight is 177 g/mol. The molecule has 0 aromatic heterocycles. The molecule has 1 aromatic carbocycles. The van der Waals surface area contributed by atoms with E-state index in [0.29, 0.717) is 0 Å². The summed E-state index contributed by atoms with van der Waals surface area (Å²) in [5, 5.41) is 3.74. The molecule has 1 aromatic rings. The van der Waals surface area contributed by atoms with Crippen molar-refractivity contribution >= 4 is 11.8 Å². The van der Waals surface area contributed by atoms with Gasteiger partial charge in [-0.15, -0.1) is 11.8 Å². The van der Waals surface area contributed by atoms with E-state index in [0.717, 1.165) is 6.42 Å². The first kappa shape index (κ1) is 7.53. The Bertz CT molecular complexity index is 319. The maximum atomic E-state index is 8.25. The van der Waals surface area contributed by atoms with Crippen molar-refractivity contribution in [1.82, 2.24) is 0 Å². The zero-order valence-corrected chi connectivity index (χ0v) is 7.16. The first-order chi connectivity index (χ1) is 5.90. The van der Waals surface area contributed by atoms with Gasteiger partial charge >= 0.3 is 0 Å². The van der Waals surface area contributed by atoms with Gasteiger partial charge in [0, 0.05) is 9.81 Å². The number of fused-ring (bicyclic) bond motifs is 1. The van der Waals surface area contributed by atoms with Crippen molar-refractivity contribution in [1.29, 1.82) is 0 Å². The zero-order chi connectivity index (χ0) is 8.39. The molecule has 0 fully saturated rings. The number of azide groups is 1. The van der Waals surface area contributed by atoms with Crippen LogP contribution in [0.5, 0.6) is 0 Å². The van der Waals surface area contributed by atoms with Gasteiger partial charge in [0.25, 0.3) is 0 Å². The molecular formula is C8H7N3S. The predicted molar refractivity (Wildman–Crippen MR) is 48.9 cm³/mol. The van der Waals surface area contributed by atoms with Crippen LogP contribution < -0.4 is 0 Å². The first-order valence-electron chi connectivity index (χ1n) is 3.69. The molecule has 0 aliphatic carbocycles. The largest absolute Gasteiger partial charge is 0.116 e. The fraction of sp³-hybridized carbons (Fsp3) is 0.250. The summed E-state index contributed by atoms with van der Waals surface area (Å²) in [6.07, 6.45) is 0.866. The number of benzene rings is 1. The smallest absolute Gasteiger partial charge is 0.0921 e. The van der Waals surface area contributed by atoms with Crippen molar-refractivity contribution in [3.8, 4) is 0 Å². The maximum Gasteiger partial charge on any atom is 0.0921 e. The standard InChI is InChI=1S/C8H7N3S/c9-11-10-8-5-6-3-1-2-4-7(6)12-8/h1-4,8H,5H2. The molecule has 3 nitrogen and oxygen atoms in total. The van der Waals surface area contributed by atoms with E-state index in [-0.39, 0.29) is 5.37 Å². The first-order valence-corrected chi connectivity index (χ1v) is 4.57. The second kappa shape index (κ2) is 3.09. The van der Waals surface area contributed by atoms with Gasteiger partial charge in [0.1, 0.15) is 0 Å². The normalized spacial score (nSPS) is 19.8. The SMILES string of the molecule is [N-]=[N+]=NC1Cc2ccccc2S1. The minimum atomic E-state index is 0.0624. The second-order valence-electron chi connectivity index (χ2n) is 2.59. The number of nitrogens with zero attached hydrogens (tertiary/aromatic N) is 3. The Kier molecular flexibility index (Phi) is 1.94. The van der Waals surface area contributed by atoms with Crippen molar-refractivity contribution < 1.29 is 0 Å². The Morgan fingerprint density at radius 1 is 1.50 bits per heavy atom. The summed E-state index contributed by atoms with van der Waals surface area (Å²) in [7, 11) is 0. The van der Waals surface area contributed by atoms with E-state index in [1.165, 1.54) is 10.5 Å². The van der Waals surface area contributed by atoms with E-state index in [1.54, 1.807) is 11.8 Å². The van der Waals surface area contributed by atoms with E-state index in [4.69, 9.17) is 5.53 Å².